The molecule has 1 fully saturated rings. The molecule has 0 bridgehead atoms. The standard InChI is InChI=1S/C18H23NO4/c1-2-23-17(22)18(10-6-12-20)14-19(11-9-16(18)21)13-15-7-4-3-5-8-15/h3-5,7-8,12H,2,6,9-11,13-14H2,1H3. The Kier molecular flexibility index (Phi) is 6.04. The molecule has 0 radical (unpaired) electrons. The van der Waals surface area contributed by atoms with E-state index < -0.39 is 11.4 Å². The van der Waals surface area contributed by atoms with Crippen LogP contribution in [-0.4, -0.2) is 42.6 Å². The maximum Gasteiger partial charge on any atom is 0.320 e. The van der Waals surface area contributed by atoms with E-state index in [0.717, 1.165) is 11.8 Å². The van der Waals surface area contributed by atoms with Crippen molar-refractivity contribution in [3.8, 4) is 0 Å². The van der Waals surface area contributed by atoms with E-state index >= 15 is 0 Å². The fourth-order valence-corrected chi connectivity index (χ4v) is 3.10. The lowest BCUT2D eigenvalue weighted by atomic mass is 9.75. The number of aldehydes is 1. The van der Waals surface area contributed by atoms with Crippen LogP contribution >= 0.6 is 0 Å². The van der Waals surface area contributed by atoms with Crippen LogP contribution in [-0.2, 0) is 25.7 Å². The van der Waals surface area contributed by atoms with Crippen molar-refractivity contribution in [3.05, 3.63) is 35.9 Å². The number of rotatable bonds is 7. The minimum atomic E-state index is -1.20. The zero-order valence-corrected chi connectivity index (χ0v) is 13.5. The molecule has 0 N–H and O–H groups in total. The minimum absolute atomic E-state index is 0.109. The third-order valence-electron chi connectivity index (χ3n) is 4.29. The van der Waals surface area contributed by atoms with Crippen LogP contribution in [0.25, 0.3) is 0 Å². The van der Waals surface area contributed by atoms with Crippen LogP contribution in [0, 0.1) is 5.41 Å². The highest BCUT2D eigenvalue weighted by atomic mass is 16.5. The molecule has 0 amide bonds. The van der Waals surface area contributed by atoms with E-state index in [4.69, 9.17) is 4.74 Å². The van der Waals surface area contributed by atoms with Gasteiger partial charge in [0.15, 0.2) is 5.78 Å². The van der Waals surface area contributed by atoms with Crippen LogP contribution in [0.1, 0.15) is 31.7 Å². The molecule has 0 aromatic heterocycles. The summed E-state index contributed by atoms with van der Waals surface area (Å²) in [5.74, 6) is -0.605. The number of piperidine rings is 1. The molecule has 1 aliphatic rings. The average molecular weight is 317 g/mol. The lowest BCUT2D eigenvalue weighted by Gasteiger charge is -2.39. The predicted octanol–water partition coefficient (Wildman–Crippen LogP) is 1.99. The van der Waals surface area contributed by atoms with Crippen molar-refractivity contribution in [2.45, 2.75) is 32.7 Å². The summed E-state index contributed by atoms with van der Waals surface area (Å²) in [5.41, 5.74) is -0.0702. The van der Waals surface area contributed by atoms with E-state index in [1.165, 1.54) is 0 Å². The molecule has 1 aromatic carbocycles. The second-order valence-corrected chi connectivity index (χ2v) is 5.88. The monoisotopic (exact) mass is 317 g/mol. The van der Waals surface area contributed by atoms with Gasteiger partial charge in [-0.3, -0.25) is 14.5 Å². The number of Topliss-reactive ketones (excluding diaryl/α,β-unsaturated/α-hetero) is 1. The summed E-state index contributed by atoms with van der Waals surface area (Å²) in [6, 6.07) is 9.93. The average Bonchev–Trinajstić information content (AvgIpc) is 2.56. The highest BCUT2D eigenvalue weighted by molar-refractivity contribution is 6.04. The second kappa shape index (κ2) is 8.02. The summed E-state index contributed by atoms with van der Waals surface area (Å²) in [6.45, 7) is 3.56. The molecule has 1 atom stereocenters. The first kappa shape index (κ1) is 17.3. The fourth-order valence-electron chi connectivity index (χ4n) is 3.10. The number of benzene rings is 1. The number of esters is 1. The van der Waals surface area contributed by atoms with Gasteiger partial charge in [-0.15, -0.1) is 0 Å². The topological polar surface area (TPSA) is 63.7 Å². The molecule has 124 valence electrons. The van der Waals surface area contributed by atoms with Gasteiger partial charge < -0.3 is 9.53 Å². The van der Waals surface area contributed by atoms with Gasteiger partial charge in [0.1, 0.15) is 11.7 Å². The lowest BCUT2D eigenvalue weighted by molar-refractivity contribution is -0.165. The Balaban J connectivity index is 2.18. The summed E-state index contributed by atoms with van der Waals surface area (Å²) >= 11 is 0. The van der Waals surface area contributed by atoms with E-state index in [1.807, 2.05) is 30.3 Å². The molecule has 1 unspecified atom stereocenters. The van der Waals surface area contributed by atoms with E-state index in [1.54, 1.807) is 6.92 Å². The normalized spacial score (nSPS) is 21.9. The third kappa shape index (κ3) is 4.05. The summed E-state index contributed by atoms with van der Waals surface area (Å²) in [4.78, 5) is 37.8. The maximum absolute atomic E-state index is 12.5. The molecule has 1 saturated heterocycles. The summed E-state index contributed by atoms with van der Waals surface area (Å²) in [6.07, 6.45) is 1.47. The van der Waals surface area contributed by atoms with Crippen molar-refractivity contribution in [3.63, 3.8) is 0 Å². The first-order chi connectivity index (χ1) is 11.1. The van der Waals surface area contributed by atoms with Gasteiger partial charge in [0.25, 0.3) is 0 Å². The summed E-state index contributed by atoms with van der Waals surface area (Å²) in [5, 5.41) is 0. The summed E-state index contributed by atoms with van der Waals surface area (Å²) < 4.78 is 5.15. The largest absolute Gasteiger partial charge is 0.465 e. The minimum Gasteiger partial charge on any atom is -0.465 e. The zero-order chi connectivity index (χ0) is 16.7. The van der Waals surface area contributed by atoms with Gasteiger partial charge in [-0.2, -0.15) is 0 Å². The van der Waals surface area contributed by atoms with Crippen molar-refractivity contribution in [2.24, 2.45) is 5.41 Å². The predicted molar refractivity (Wildman–Crippen MR) is 85.7 cm³/mol. The van der Waals surface area contributed by atoms with E-state index in [-0.39, 0.29) is 25.2 Å². The molecule has 5 nitrogen and oxygen atoms in total. The van der Waals surface area contributed by atoms with E-state index in [0.29, 0.717) is 26.1 Å². The Bertz CT molecular complexity index is 557. The number of nitrogens with zero attached hydrogens (tertiary/aromatic N) is 1. The second-order valence-electron chi connectivity index (χ2n) is 5.88. The van der Waals surface area contributed by atoms with Gasteiger partial charge in [-0.25, -0.2) is 0 Å². The van der Waals surface area contributed by atoms with Crippen LogP contribution in [0.4, 0.5) is 0 Å². The first-order valence-electron chi connectivity index (χ1n) is 8.03. The Morgan fingerprint density at radius 1 is 1.35 bits per heavy atom. The van der Waals surface area contributed by atoms with Gasteiger partial charge in [-0.1, -0.05) is 30.3 Å². The number of ether oxygens (including phenoxy) is 1. The van der Waals surface area contributed by atoms with Crippen molar-refractivity contribution >= 4 is 18.0 Å². The molecule has 0 saturated carbocycles. The van der Waals surface area contributed by atoms with Crippen LogP contribution in [0.5, 0.6) is 0 Å². The molecule has 1 heterocycles. The van der Waals surface area contributed by atoms with Gasteiger partial charge in [0, 0.05) is 32.5 Å². The smallest absolute Gasteiger partial charge is 0.320 e. The molecule has 1 aromatic rings. The fraction of sp³-hybridized carbons (Fsp3) is 0.500. The Morgan fingerprint density at radius 2 is 2.09 bits per heavy atom. The molecular formula is C18H23NO4. The zero-order valence-electron chi connectivity index (χ0n) is 13.5. The van der Waals surface area contributed by atoms with Crippen molar-refractivity contribution in [1.29, 1.82) is 0 Å². The first-order valence-corrected chi connectivity index (χ1v) is 8.03. The van der Waals surface area contributed by atoms with Crippen molar-refractivity contribution in [1.82, 2.24) is 4.90 Å². The number of carbonyl (C=O) groups excluding carboxylic acids is 3. The van der Waals surface area contributed by atoms with E-state index in [9.17, 15) is 14.4 Å². The highest BCUT2D eigenvalue weighted by Gasteiger charge is 2.49. The molecule has 0 spiro atoms. The summed E-state index contributed by atoms with van der Waals surface area (Å²) in [7, 11) is 0. The van der Waals surface area contributed by atoms with E-state index in [2.05, 4.69) is 4.90 Å². The number of hydrogen-bond donors (Lipinski definition) is 0. The molecule has 0 aliphatic carbocycles. The van der Waals surface area contributed by atoms with Crippen LogP contribution in [0.15, 0.2) is 30.3 Å². The molecular weight excluding hydrogens is 294 g/mol. The Morgan fingerprint density at radius 3 is 2.74 bits per heavy atom. The Labute approximate surface area is 136 Å². The lowest BCUT2D eigenvalue weighted by Crippen LogP contribution is -2.54. The van der Waals surface area contributed by atoms with Crippen LogP contribution in [0.2, 0.25) is 0 Å². The maximum atomic E-state index is 12.5. The third-order valence-corrected chi connectivity index (χ3v) is 4.29. The van der Waals surface area contributed by atoms with Crippen LogP contribution in [0.3, 0.4) is 0 Å². The van der Waals surface area contributed by atoms with Crippen molar-refractivity contribution < 1.29 is 19.1 Å². The highest BCUT2D eigenvalue weighted by Crippen LogP contribution is 2.33. The molecule has 5 heteroatoms. The van der Waals surface area contributed by atoms with Crippen LogP contribution < -0.4 is 0 Å². The molecule has 2 rings (SSSR count). The number of ketones is 1. The number of hydrogen-bond acceptors (Lipinski definition) is 5. The van der Waals surface area contributed by atoms with Gasteiger partial charge in [0.2, 0.25) is 0 Å². The molecule has 1 aliphatic heterocycles. The van der Waals surface area contributed by atoms with Gasteiger partial charge in [0.05, 0.1) is 6.61 Å². The molecule has 23 heavy (non-hydrogen) atoms. The van der Waals surface area contributed by atoms with Gasteiger partial charge in [-0.05, 0) is 18.9 Å². The Hall–Kier alpha value is -2.01. The van der Waals surface area contributed by atoms with Gasteiger partial charge >= 0.3 is 5.97 Å². The SMILES string of the molecule is CCOC(=O)C1(CCC=O)CN(Cc2ccccc2)CCC1=O. The van der Waals surface area contributed by atoms with Crippen molar-refractivity contribution in [2.75, 3.05) is 19.7 Å². The quantitative estimate of drug-likeness (QED) is 0.437. The number of likely N-dealkylation sites (tertiary alicyclic amines) is 1. The number of carbonyl (C=O) groups is 3.